The first-order valence-electron chi connectivity index (χ1n) is 6.82. The number of para-hydroxylation sites is 1. The number of rotatable bonds is 4. The molecule has 1 heterocycles. The number of benzene rings is 2. The van der Waals surface area contributed by atoms with E-state index in [4.69, 9.17) is 5.84 Å². The van der Waals surface area contributed by atoms with Gasteiger partial charge in [0.2, 0.25) is 0 Å². The molecule has 0 spiro atoms. The molecule has 106 valence electrons. The third-order valence-electron chi connectivity index (χ3n) is 3.60. The standard InChI is InChI=1S/C17H16FN3/c18-15-7-3-1-5-12(15)10-17(21-19)14-9-13-6-2-4-8-16(13)20-11-14/h1-9,11,17,21H,10,19H2. The third kappa shape index (κ3) is 2.91. The van der Waals surface area contributed by atoms with E-state index in [0.29, 0.717) is 12.0 Å². The number of hydrazine groups is 1. The van der Waals surface area contributed by atoms with E-state index >= 15 is 0 Å². The predicted molar refractivity (Wildman–Crippen MR) is 81.9 cm³/mol. The fraction of sp³-hybridized carbons (Fsp3) is 0.118. The first-order chi connectivity index (χ1) is 10.3. The molecule has 0 bridgehead atoms. The highest BCUT2D eigenvalue weighted by molar-refractivity contribution is 5.78. The lowest BCUT2D eigenvalue weighted by atomic mass is 9.99. The molecule has 21 heavy (non-hydrogen) atoms. The zero-order chi connectivity index (χ0) is 14.7. The van der Waals surface area contributed by atoms with Gasteiger partial charge in [0, 0.05) is 11.6 Å². The number of fused-ring (bicyclic) bond motifs is 1. The van der Waals surface area contributed by atoms with E-state index in [-0.39, 0.29) is 11.9 Å². The minimum absolute atomic E-state index is 0.181. The Labute approximate surface area is 122 Å². The van der Waals surface area contributed by atoms with Crippen LogP contribution in [0.2, 0.25) is 0 Å². The normalized spacial score (nSPS) is 12.5. The molecule has 1 atom stereocenters. The summed E-state index contributed by atoms with van der Waals surface area (Å²) in [6.45, 7) is 0. The molecule has 2 aromatic carbocycles. The van der Waals surface area contributed by atoms with Gasteiger partial charge in [0.15, 0.2) is 0 Å². The average Bonchev–Trinajstić information content (AvgIpc) is 2.54. The van der Waals surface area contributed by atoms with Gasteiger partial charge in [-0.25, -0.2) is 4.39 Å². The van der Waals surface area contributed by atoms with Crippen LogP contribution in [0.1, 0.15) is 17.2 Å². The number of nitrogens with two attached hydrogens (primary N) is 1. The van der Waals surface area contributed by atoms with Crippen LogP contribution in [0, 0.1) is 5.82 Å². The van der Waals surface area contributed by atoms with E-state index in [1.165, 1.54) is 6.07 Å². The second kappa shape index (κ2) is 5.99. The van der Waals surface area contributed by atoms with Crippen LogP contribution in [0.4, 0.5) is 4.39 Å². The first kappa shape index (κ1) is 13.7. The molecular weight excluding hydrogens is 265 g/mol. The molecule has 0 saturated carbocycles. The molecule has 0 aliphatic carbocycles. The van der Waals surface area contributed by atoms with Crippen molar-refractivity contribution in [2.24, 2.45) is 5.84 Å². The molecule has 0 aliphatic rings. The van der Waals surface area contributed by atoms with E-state index < -0.39 is 0 Å². The number of nitrogens with zero attached hydrogens (tertiary/aromatic N) is 1. The smallest absolute Gasteiger partial charge is 0.126 e. The van der Waals surface area contributed by atoms with Crippen LogP contribution in [0.25, 0.3) is 10.9 Å². The lowest BCUT2D eigenvalue weighted by Gasteiger charge is -2.17. The van der Waals surface area contributed by atoms with Gasteiger partial charge in [-0.05, 0) is 35.7 Å². The van der Waals surface area contributed by atoms with Crippen LogP contribution in [0.3, 0.4) is 0 Å². The summed E-state index contributed by atoms with van der Waals surface area (Å²) >= 11 is 0. The molecule has 1 unspecified atom stereocenters. The molecule has 3 N–H and O–H groups in total. The largest absolute Gasteiger partial charge is 0.271 e. The minimum Gasteiger partial charge on any atom is -0.271 e. The van der Waals surface area contributed by atoms with Crippen LogP contribution < -0.4 is 11.3 Å². The van der Waals surface area contributed by atoms with Gasteiger partial charge in [0.05, 0.1) is 11.6 Å². The van der Waals surface area contributed by atoms with E-state index in [9.17, 15) is 4.39 Å². The van der Waals surface area contributed by atoms with Crippen molar-refractivity contribution in [3.05, 3.63) is 77.7 Å². The van der Waals surface area contributed by atoms with Gasteiger partial charge in [0.25, 0.3) is 0 Å². The quantitative estimate of drug-likeness (QED) is 0.570. The Hall–Kier alpha value is -2.30. The van der Waals surface area contributed by atoms with Crippen molar-refractivity contribution in [2.75, 3.05) is 0 Å². The molecule has 0 radical (unpaired) electrons. The maximum atomic E-state index is 13.8. The number of halogens is 1. The van der Waals surface area contributed by atoms with Crippen molar-refractivity contribution >= 4 is 10.9 Å². The Kier molecular flexibility index (Phi) is 3.90. The number of hydrogen-bond acceptors (Lipinski definition) is 3. The van der Waals surface area contributed by atoms with E-state index in [1.54, 1.807) is 18.3 Å². The Bertz CT molecular complexity index is 758. The lowest BCUT2D eigenvalue weighted by Crippen LogP contribution is -2.29. The van der Waals surface area contributed by atoms with Crippen molar-refractivity contribution < 1.29 is 4.39 Å². The summed E-state index contributed by atoms with van der Waals surface area (Å²) in [6.07, 6.45) is 2.26. The van der Waals surface area contributed by atoms with Crippen LogP contribution in [-0.4, -0.2) is 4.98 Å². The topological polar surface area (TPSA) is 50.9 Å². The molecule has 0 amide bonds. The van der Waals surface area contributed by atoms with E-state index in [1.807, 2.05) is 36.4 Å². The minimum atomic E-state index is -0.216. The lowest BCUT2D eigenvalue weighted by molar-refractivity contribution is 0.528. The summed E-state index contributed by atoms with van der Waals surface area (Å²) in [7, 11) is 0. The summed E-state index contributed by atoms with van der Waals surface area (Å²) in [5.74, 6) is 5.43. The third-order valence-corrected chi connectivity index (χ3v) is 3.60. The van der Waals surface area contributed by atoms with Crippen molar-refractivity contribution in [3.63, 3.8) is 0 Å². The summed E-state index contributed by atoms with van der Waals surface area (Å²) in [4.78, 5) is 4.42. The number of hydrogen-bond donors (Lipinski definition) is 2. The Morgan fingerprint density at radius 3 is 2.67 bits per heavy atom. The average molecular weight is 281 g/mol. The van der Waals surface area contributed by atoms with Gasteiger partial charge in [0.1, 0.15) is 5.82 Å². The van der Waals surface area contributed by atoms with Crippen molar-refractivity contribution in [2.45, 2.75) is 12.5 Å². The Morgan fingerprint density at radius 2 is 1.86 bits per heavy atom. The van der Waals surface area contributed by atoms with Gasteiger partial charge in [-0.15, -0.1) is 0 Å². The van der Waals surface area contributed by atoms with Gasteiger partial charge >= 0.3 is 0 Å². The van der Waals surface area contributed by atoms with Crippen LogP contribution in [0.15, 0.2) is 60.8 Å². The first-order valence-corrected chi connectivity index (χ1v) is 6.82. The summed E-state index contributed by atoms with van der Waals surface area (Å²) in [6, 6.07) is 16.5. The van der Waals surface area contributed by atoms with Gasteiger partial charge < -0.3 is 0 Å². The molecular formula is C17H16FN3. The Morgan fingerprint density at radius 1 is 1.10 bits per heavy atom. The molecule has 3 nitrogen and oxygen atoms in total. The van der Waals surface area contributed by atoms with Crippen LogP contribution >= 0.6 is 0 Å². The molecule has 4 heteroatoms. The highest BCUT2D eigenvalue weighted by Crippen LogP contribution is 2.22. The van der Waals surface area contributed by atoms with Crippen LogP contribution in [0.5, 0.6) is 0 Å². The van der Waals surface area contributed by atoms with Gasteiger partial charge in [-0.3, -0.25) is 16.3 Å². The fourth-order valence-electron chi connectivity index (χ4n) is 2.44. The second-order valence-electron chi connectivity index (χ2n) is 4.98. The van der Waals surface area contributed by atoms with Crippen molar-refractivity contribution in [3.8, 4) is 0 Å². The number of nitrogens with one attached hydrogen (secondary N) is 1. The summed E-state index contributed by atoms with van der Waals surface area (Å²) in [5, 5.41) is 1.05. The highest BCUT2D eigenvalue weighted by Gasteiger charge is 2.14. The molecule has 0 fully saturated rings. The summed E-state index contributed by atoms with van der Waals surface area (Å²) < 4.78 is 13.8. The maximum Gasteiger partial charge on any atom is 0.126 e. The van der Waals surface area contributed by atoms with Gasteiger partial charge in [-0.2, -0.15) is 0 Å². The van der Waals surface area contributed by atoms with E-state index in [2.05, 4.69) is 10.4 Å². The van der Waals surface area contributed by atoms with Crippen molar-refractivity contribution in [1.82, 2.24) is 10.4 Å². The van der Waals surface area contributed by atoms with Gasteiger partial charge in [-0.1, -0.05) is 36.4 Å². The SMILES string of the molecule is NNC(Cc1ccccc1F)c1cnc2ccccc2c1. The Balaban J connectivity index is 1.93. The molecule has 1 aromatic heterocycles. The second-order valence-corrected chi connectivity index (χ2v) is 4.98. The number of pyridine rings is 1. The zero-order valence-corrected chi connectivity index (χ0v) is 11.5. The number of aromatic nitrogens is 1. The monoisotopic (exact) mass is 281 g/mol. The predicted octanol–water partition coefficient (Wildman–Crippen LogP) is 3.12. The molecule has 0 aliphatic heterocycles. The summed E-state index contributed by atoms with van der Waals surface area (Å²) in [5.41, 5.74) is 5.26. The van der Waals surface area contributed by atoms with E-state index in [0.717, 1.165) is 16.5 Å². The highest BCUT2D eigenvalue weighted by atomic mass is 19.1. The zero-order valence-electron chi connectivity index (χ0n) is 11.5. The molecule has 0 saturated heterocycles. The fourth-order valence-corrected chi connectivity index (χ4v) is 2.44. The maximum absolute atomic E-state index is 13.8. The van der Waals surface area contributed by atoms with Crippen molar-refractivity contribution in [1.29, 1.82) is 0 Å². The molecule has 3 rings (SSSR count). The molecule has 3 aromatic rings. The van der Waals surface area contributed by atoms with Crippen LogP contribution in [-0.2, 0) is 6.42 Å².